The fraction of sp³-hybridized carbons (Fsp3) is 0.952. The fourth-order valence-corrected chi connectivity index (χ4v) is 5.07. The third-order valence-corrected chi connectivity index (χ3v) is 10.4. The maximum absolute atomic E-state index is 12.9. The molecule has 6 heteroatoms. The van der Waals surface area contributed by atoms with E-state index in [1.165, 1.54) is 0 Å². The zero-order chi connectivity index (χ0) is 21.4. The van der Waals surface area contributed by atoms with Crippen LogP contribution in [0.15, 0.2) is 0 Å². The van der Waals surface area contributed by atoms with Gasteiger partial charge in [-0.3, -0.25) is 0 Å². The Balaban J connectivity index is 3.17. The summed E-state index contributed by atoms with van der Waals surface area (Å²) in [4.78, 5) is 14.8. The Morgan fingerprint density at radius 3 is 1.96 bits per heavy atom. The molecule has 1 amide bonds. The van der Waals surface area contributed by atoms with Crippen LogP contribution in [0.2, 0.25) is 18.1 Å². The van der Waals surface area contributed by atoms with Gasteiger partial charge in [-0.05, 0) is 57.3 Å². The molecule has 0 spiro atoms. The average Bonchev–Trinajstić information content (AvgIpc) is 2.42. The number of nitrogens with two attached hydrogens (primary N) is 1. The molecule has 1 aliphatic rings. The number of piperidine rings is 1. The minimum Gasteiger partial charge on any atom is -0.444 e. The first-order chi connectivity index (χ1) is 11.9. The molecule has 1 saturated heterocycles. The Bertz CT molecular complexity index is 515. The molecular formula is C21H44N2O3Si. The molecule has 0 aromatic rings. The van der Waals surface area contributed by atoms with Crippen LogP contribution in [0.3, 0.4) is 0 Å². The standard InChI is InChI=1S/C21H44N2O3Si/c1-19(2,3)17-15(14-22)16(26-27(10,11)21(7,8)9)12-13-23(17)18(24)25-20(4,5)6/h15-17H,12-14,22H2,1-11H3. The van der Waals surface area contributed by atoms with E-state index >= 15 is 0 Å². The van der Waals surface area contributed by atoms with E-state index in [0.717, 1.165) is 6.42 Å². The van der Waals surface area contributed by atoms with Crippen molar-refractivity contribution in [3.05, 3.63) is 0 Å². The first-order valence-electron chi connectivity index (χ1n) is 10.3. The third kappa shape index (κ3) is 6.19. The van der Waals surface area contributed by atoms with Crippen LogP contribution in [0.5, 0.6) is 0 Å². The van der Waals surface area contributed by atoms with E-state index in [0.29, 0.717) is 13.1 Å². The molecule has 0 aromatic carbocycles. The summed E-state index contributed by atoms with van der Waals surface area (Å²) in [7, 11) is -1.92. The number of likely N-dealkylation sites (tertiary alicyclic amines) is 1. The van der Waals surface area contributed by atoms with Crippen LogP contribution in [0, 0.1) is 11.3 Å². The van der Waals surface area contributed by atoms with Crippen LogP contribution in [0.1, 0.15) is 68.7 Å². The molecule has 0 aromatic heterocycles. The molecule has 0 aliphatic carbocycles. The van der Waals surface area contributed by atoms with Gasteiger partial charge in [0.25, 0.3) is 0 Å². The molecule has 27 heavy (non-hydrogen) atoms. The second kappa shape index (κ2) is 8.03. The van der Waals surface area contributed by atoms with Gasteiger partial charge in [-0.1, -0.05) is 41.5 Å². The summed E-state index contributed by atoms with van der Waals surface area (Å²) < 4.78 is 12.5. The van der Waals surface area contributed by atoms with E-state index in [9.17, 15) is 4.79 Å². The van der Waals surface area contributed by atoms with Crippen LogP contribution in [0.4, 0.5) is 4.79 Å². The third-order valence-electron chi connectivity index (χ3n) is 5.91. The van der Waals surface area contributed by atoms with Gasteiger partial charge in [0, 0.05) is 18.5 Å². The number of carbonyl (C=O) groups is 1. The van der Waals surface area contributed by atoms with Crippen molar-refractivity contribution in [3.63, 3.8) is 0 Å². The highest BCUT2D eigenvalue weighted by Gasteiger charge is 2.49. The summed E-state index contributed by atoms with van der Waals surface area (Å²) in [5.41, 5.74) is 5.63. The Hall–Kier alpha value is -0.593. The summed E-state index contributed by atoms with van der Waals surface area (Å²) in [6.07, 6.45) is 0.644. The van der Waals surface area contributed by atoms with Gasteiger partial charge in [0.2, 0.25) is 0 Å². The second-order valence-corrected chi connectivity index (χ2v) is 16.3. The predicted octanol–water partition coefficient (Wildman–Crippen LogP) is 5.01. The number of amides is 1. The normalized spacial score (nSPS) is 25.5. The molecule has 0 saturated carbocycles. The van der Waals surface area contributed by atoms with E-state index in [2.05, 4.69) is 54.6 Å². The second-order valence-electron chi connectivity index (χ2n) is 11.6. The van der Waals surface area contributed by atoms with Crippen molar-refractivity contribution < 1.29 is 14.0 Å². The lowest BCUT2D eigenvalue weighted by Gasteiger charge is -2.52. The van der Waals surface area contributed by atoms with Crippen LogP contribution < -0.4 is 5.73 Å². The van der Waals surface area contributed by atoms with Crippen molar-refractivity contribution in [3.8, 4) is 0 Å². The summed E-state index contributed by atoms with van der Waals surface area (Å²) in [5.74, 6) is 0.0976. The first kappa shape index (κ1) is 24.4. The molecule has 1 fully saturated rings. The van der Waals surface area contributed by atoms with Crippen molar-refractivity contribution in [1.82, 2.24) is 4.90 Å². The molecule has 1 rings (SSSR count). The number of carbonyl (C=O) groups excluding carboxylic acids is 1. The molecule has 0 radical (unpaired) electrons. The van der Waals surface area contributed by atoms with Gasteiger partial charge in [0.1, 0.15) is 5.60 Å². The smallest absolute Gasteiger partial charge is 0.410 e. The number of rotatable bonds is 3. The lowest BCUT2D eigenvalue weighted by atomic mass is 9.73. The maximum atomic E-state index is 12.9. The molecule has 3 atom stereocenters. The number of ether oxygens (including phenoxy) is 1. The summed E-state index contributed by atoms with van der Waals surface area (Å²) >= 11 is 0. The zero-order valence-electron chi connectivity index (χ0n) is 19.6. The van der Waals surface area contributed by atoms with Crippen molar-refractivity contribution in [2.75, 3.05) is 13.1 Å². The highest BCUT2D eigenvalue weighted by molar-refractivity contribution is 6.74. The monoisotopic (exact) mass is 400 g/mol. The van der Waals surface area contributed by atoms with Crippen molar-refractivity contribution in [2.45, 2.75) is 105 Å². The molecule has 5 nitrogen and oxygen atoms in total. The van der Waals surface area contributed by atoms with Gasteiger partial charge < -0.3 is 19.8 Å². The molecular weight excluding hydrogens is 356 g/mol. The predicted molar refractivity (Wildman–Crippen MR) is 115 cm³/mol. The van der Waals surface area contributed by atoms with Crippen LogP contribution in [0.25, 0.3) is 0 Å². The van der Waals surface area contributed by atoms with Crippen molar-refractivity contribution in [2.24, 2.45) is 17.1 Å². The van der Waals surface area contributed by atoms with E-state index in [1.807, 2.05) is 25.7 Å². The molecule has 3 unspecified atom stereocenters. The van der Waals surface area contributed by atoms with Gasteiger partial charge in [-0.2, -0.15) is 0 Å². The summed E-state index contributed by atoms with van der Waals surface area (Å²) in [5, 5.41) is 0.145. The van der Waals surface area contributed by atoms with Crippen molar-refractivity contribution >= 4 is 14.4 Å². The maximum Gasteiger partial charge on any atom is 0.410 e. The van der Waals surface area contributed by atoms with Crippen molar-refractivity contribution in [1.29, 1.82) is 0 Å². The van der Waals surface area contributed by atoms with Crippen LogP contribution in [-0.2, 0) is 9.16 Å². The molecule has 1 aliphatic heterocycles. The summed E-state index contributed by atoms with van der Waals surface area (Å²) in [6, 6.07) is -0.0131. The largest absolute Gasteiger partial charge is 0.444 e. The van der Waals surface area contributed by atoms with Gasteiger partial charge in [-0.15, -0.1) is 0 Å². The number of nitrogens with zero attached hydrogens (tertiary/aromatic N) is 1. The minimum absolute atomic E-state index is 0.0131. The first-order valence-corrected chi connectivity index (χ1v) is 13.2. The highest BCUT2D eigenvalue weighted by Crippen LogP contribution is 2.42. The Labute approximate surface area is 168 Å². The fourth-order valence-electron chi connectivity index (χ4n) is 3.67. The van der Waals surface area contributed by atoms with E-state index in [4.69, 9.17) is 14.9 Å². The molecule has 0 bridgehead atoms. The topological polar surface area (TPSA) is 64.8 Å². The van der Waals surface area contributed by atoms with Crippen LogP contribution >= 0.6 is 0 Å². The SMILES string of the molecule is CC(C)(C)OC(=O)N1CCC(O[Si](C)(C)C(C)(C)C)C(CN)C1C(C)(C)C. The number of hydrogen-bond donors (Lipinski definition) is 1. The lowest BCUT2D eigenvalue weighted by molar-refractivity contribution is -0.0587. The van der Waals surface area contributed by atoms with E-state index in [-0.39, 0.29) is 34.6 Å². The van der Waals surface area contributed by atoms with E-state index < -0.39 is 13.9 Å². The highest BCUT2D eigenvalue weighted by atomic mass is 28.4. The van der Waals surface area contributed by atoms with Crippen LogP contribution in [-0.4, -0.2) is 50.1 Å². The van der Waals surface area contributed by atoms with Gasteiger partial charge in [-0.25, -0.2) is 4.79 Å². The van der Waals surface area contributed by atoms with E-state index in [1.54, 1.807) is 0 Å². The quantitative estimate of drug-likeness (QED) is 0.677. The van der Waals surface area contributed by atoms with Gasteiger partial charge >= 0.3 is 6.09 Å². The Kier molecular flexibility index (Phi) is 7.27. The lowest BCUT2D eigenvalue weighted by Crippen LogP contribution is -2.63. The molecule has 1 heterocycles. The molecule has 160 valence electrons. The minimum atomic E-state index is -1.92. The average molecular weight is 401 g/mol. The zero-order valence-corrected chi connectivity index (χ0v) is 20.6. The number of hydrogen-bond acceptors (Lipinski definition) is 4. The Morgan fingerprint density at radius 2 is 1.59 bits per heavy atom. The van der Waals surface area contributed by atoms with Gasteiger partial charge in [0.15, 0.2) is 8.32 Å². The Morgan fingerprint density at radius 1 is 1.07 bits per heavy atom. The molecule has 2 N–H and O–H groups in total. The summed E-state index contributed by atoms with van der Waals surface area (Å²) in [6.45, 7) is 24.7. The van der Waals surface area contributed by atoms with Gasteiger partial charge in [0.05, 0.1) is 6.10 Å².